The van der Waals surface area contributed by atoms with Crippen LogP contribution in [-0.2, 0) is 0 Å². The molecule has 1 heterocycles. The number of likely N-dealkylation sites (N-methyl/N-ethyl adjacent to an activating group) is 2. The second-order valence-electron chi connectivity index (χ2n) is 8.60. The number of halogens is 1. The number of anilines is 3. The summed E-state index contributed by atoms with van der Waals surface area (Å²) in [5.41, 5.74) is 2.78. The van der Waals surface area contributed by atoms with E-state index in [1.54, 1.807) is 25.4 Å². The third-order valence-electron chi connectivity index (χ3n) is 5.78. The summed E-state index contributed by atoms with van der Waals surface area (Å²) in [7, 11) is 7.19. The molecule has 1 N–H and O–H groups in total. The molecule has 0 saturated heterocycles. The summed E-state index contributed by atoms with van der Waals surface area (Å²) in [6.07, 6.45) is 1.65. The van der Waals surface area contributed by atoms with Crippen LogP contribution in [0.5, 0.6) is 5.75 Å². The molecule has 0 bridgehead atoms. The lowest BCUT2D eigenvalue weighted by Crippen LogP contribution is -2.28. The predicted octanol–water partition coefficient (Wildman–Crippen LogP) is 5.09. The highest BCUT2D eigenvalue weighted by molar-refractivity contribution is 5.94. The van der Waals surface area contributed by atoms with Crippen LogP contribution >= 0.6 is 0 Å². The predicted molar refractivity (Wildman–Crippen MR) is 140 cm³/mol. The zero-order chi connectivity index (χ0) is 25.8. The number of para-hydroxylation sites is 1. The van der Waals surface area contributed by atoms with Crippen molar-refractivity contribution < 1.29 is 14.1 Å². The van der Waals surface area contributed by atoms with Crippen molar-refractivity contribution in [1.29, 1.82) is 0 Å². The highest BCUT2D eigenvalue weighted by Crippen LogP contribution is 2.39. The maximum atomic E-state index is 13.9. The zero-order valence-corrected chi connectivity index (χ0v) is 20.5. The van der Waals surface area contributed by atoms with Gasteiger partial charge in [0.15, 0.2) is 0 Å². The van der Waals surface area contributed by atoms with E-state index in [1.807, 2.05) is 48.2 Å². The van der Waals surface area contributed by atoms with E-state index in [0.29, 0.717) is 34.7 Å². The number of ether oxygens (including phenoxy) is 1. The minimum absolute atomic E-state index is 0.0687. The molecule has 0 saturated carbocycles. The van der Waals surface area contributed by atoms with Crippen LogP contribution < -0.4 is 15.0 Å². The molecule has 36 heavy (non-hydrogen) atoms. The Labute approximate surface area is 208 Å². The number of fused-ring (bicyclic) bond motifs is 1. The molecule has 0 unspecified atom stereocenters. The topological polar surface area (TPSA) is 96.7 Å². The van der Waals surface area contributed by atoms with Gasteiger partial charge in [-0.15, -0.1) is 0 Å². The molecular weight excluding hydrogens is 463 g/mol. The lowest BCUT2D eigenvalue weighted by Gasteiger charge is -2.22. The Balaban J connectivity index is 1.74. The number of benzene rings is 3. The molecule has 0 fully saturated rings. The Morgan fingerprint density at radius 1 is 1.08 bits per heavy atom. The maximum Gasteiger partial charge on any atom is 0.294 e. The fourth-order valence-corrected chi connectivity index (χ4v) is 3.87. The van der Waals surface area contributed by atoms with Crippen LogP contribution in [0, 0.1) is 15.9 Å². The minimum atomic E-state index is -0.421. The van der Waals surface area contributed by atoms with Crippen LogP contribution in [0.25, 0.3) is 22.0 Å². The fraction of sp³-hybridized carbons (Fsp3) is 0.231. The second-order valence-corrected chi connectivity index (χ2v) is 8.60. The lowest BCUT2D eigenvalue weighted by molar-refractivity contribution is -0.384. The first-order chi connectivity index (χ1) is 17.3. The number of aromatic nitrogens is 2. The van der Waals surface area contributed by atoms with Crippen molar-refractivity contribution in [1.82, 2.24) is 14.9 Å². The Kier molecular flexibility index (Phi) is 7.25. The van der Waals surface area contributed by atoms with Gasteiger partial charge in [0.05, 0.1) is 23.2 Å². The summed E-state index contributed by atoms with van der Waals surface area (Å²) in [6, 6.07) is 14.9. The molecule has 9 nitrogen and oxygen atoms in total. The standard InChI is InChI=1S/C26H27FN6O3/c1-31(2)11-12-32(3)22-15-24(36-4)21(14-23(22)33(34)35)29-26-28-16-18-8-6-10-20(25(18)30-26)17-7-5-9-19(27)13-17/h5-10,13-16H,11-12H2,1-4H3,(H,28,29,30). The van der Waals surface area contributed by atoms with Crippen molar-refractivity contribution in [3.63, 3.8) is 0 Å². The Morgan fingerprint density at radius 2 is 1.86 bits per heavy atom. The molecule has 0 aliphatic rings. The van der Waals surface area contributed by atoms with Crippen LogP contribution in [0.3, 0.4) is 0 Å². The van der Waals surface area contributed by atoms with Crippen LogP contribution in [0.4, 0.5) is 27.4 Å². The zero-order valence-electron chi connectivity index (χ0n) is 20.5. The Hall–Kier alpha value is -4.31. The summed E-state index contributed by atoms with van der Waals surface area (Å²) >= 11 is 0. The summed E-state index contributed by atoms with van der Waals surface area (Å²) < 4.78 is 19.4. The first-order valence-electron chi connectivity index (χ1n) is 11.3. The van der Waals surface area contributed by atoms with Crippen LogP contribution in [-0.4, -0.2) is 61.1 Å². The number of hydrogen-bond donors (Lipinski definition) is 1. The van der Waals surface area contributed by atoms with Crippen molar-refractivity contribution in [3.8, 4) is 16.9 Å². The van der Waals surface area contributed by atoms with Gasteiger partial charge in [0, 0.05) is 49.4 Å². The van der Waals surface area contributed by atoms with Gasteiger partial charge in [-0.1, -0.05) is 30.3 Å². The quantitative estimate of drug-likeness (QED) is 0.256. The van der Waals surface area contributed by atoms with Crippen molar-refractivity contribution >= 4 is 33.9 Å². The molecule has 0 radical (unpaired) electrons. The molecule has 1 aromatic heterocycles. The lowest BCUT2D eigenvalue weighted by atomic mass is 10.0. The SMILES string of the molecule is COc1cc(N(C)CCN(C)C)c([N+](=O)[O-])cc1Nc1ncc2cccc(-c3cccc(F)c3)c2n1. The van der Waals surface area contributed by atoms with E-state index in [9.17, 15) is 14.5 Å². The first kappa shape index (κ1) is 24.8. The highest BCUT2D eigenvalue weighted by Gasteiger charge is 2.22. The molecule has 4 aromatic rings. The number of nitro groups is 1. The average molecular weight is 491 g/mol. The third-order valence-corrected chi connectivity index (χ3v) is 5.78. The molecule has 4 rings (SSSR count). The normalized spacial score (nSPS) is 11.1. The fourth-order valence-electron chi connectivity index (χ4n) is 3.87. The molecule has 3 aromatic carbocycles. The molecule has 0 amide bonds. The number of methoxy groups -OCH3 is 1. The van der Waals surface area contributed by atoms with Gasteiger partial charge < -0.3 is 19.9 Å². The van der Waals surface area contributed by atoms with Crippen molar-refractivity contribution in [2.24, 2.45) is 0 Å². The average Bonchev–Trinajstić information content (AvgIpc) is 2.86. The van der Waals surface area contributed by atoms with E-state index in [2.05, 4.69) is 15.3 Å². The summed E-state index contributed by atoms with van der Waals surface area (Å²) in [5, 5.41) is 15.8. The maximum absolute atomic E-state index is 13.9. The summed E-state index contributed by atoms with van der Waals surface area (Å²) in [6.45, 7) is 1.33. The molecule has 0 aliphatic heterocycles. The van der Waals surface area contributed by atoms with Crippen molar-refractivity contribution in [2.45, 2.75) is 0 Å². The molecule has 0 atom stereocenters. The number of nitro benzene ring substituents is 1. The van der Waals surface area contributed by atoms with Crippen LogP contribution in [0.1, 0.15) is 0 Å². The summed E-state index contributed by atoms with van der Waals surface area (Å²) in [4.78, 5) is 24.3. The van der Waals surface area contributed by atoms with Gasteiger partial charge in [0.25, 0.3) is 5.69 Å². The number of nitrogens with one attached hydrogen (secondary N) is 1. The number of hydrogen-bond acceptors (Lipinski definition) is 8. The van der Waals surface area contributed by atoms with E-state index >= 15 is 0 Å². The molecule has 0 aliphatic carbocycles. The monoisotopic (exact) mass is 490 g/mol. The molecule has 186 valence electrons. The Bertz CT molecular complexity index is 1410. The van der Waals surface area contributed by atoms with E-state index in [4.69, 9.17) is 4.74 Å². The van der Waals surface area contributed by atoms with E-state index in [-0.39, 0.29) is 17.5 Å². The van der Waals surface area contributed by atoms with Gasteiger partial charge >= 0.3 is 0 Å². The molecule has 0 spiro atoms. The largest absolute Gasteiger partial charge is 0.494 e. The van der Waals surface area contributed by atoms with Gasteiger partial charge in [-0.05, 0) is 31.8 Å². The van der Waals surface area contributed by atoms with E-state index in [0.717, 1.165) is 17.5 Å². The van der Waals surface area contributed by atoms with Gasteiger partial charge in [0.2, 0.25) is 5.95 Å². The van der Waals surface area contributed by atoms with Gasteiger partial charge in [-0.3, -0.25) is 10.1 Å². The number of rotatable bonds is 9. The number of nitrogens with zero attached hydrogens (tertiary/aromatic N) is 5. The summed E-state index contributed by atoms with van der Waals surface area (Å²) in [5.74, 6) is 0.298. The van der Waals surface area contributed by atoms with Gasteiger partial charge in [-0.25, -0.2) is 14.4 Å². The van der Waals surface area contributed by atoms with E-state index in [1.165, 1.54) is 25.3 Å². The molecule has 10 heteroatoms. The van der Waals surface area contributed by atoms with Crippen molar-refractivity contribution in [3.05, 3.63) is 76.7 Å². The first-order valence-corrected chi connectivity index (χ1v) is 11.3. The molecular formula is C26H27FN6O3. The second kappa shape index (κ2) is 10.5. The smallest absolute Gasteiger partial charge is 0.294 e. The Morgan fingerprint density at radius 3 is 2.56 bits per heavy atom. The van der Waals surface area contributed by atoms with Gasteiger partial charge in [-0.2, -0.15) is 0 Å². The van der Waals surface area contributed by atoms with Crippen LogP contribution in [0.2, 0.25) is 0 Å². The minimum Gasteiger partial charge on any atom is -0.494 e. The highest BCUT2D eigenvalue weighted by atomic mass is 19.1. The van der Waals surface area contributed by atoms with E-state index < -0.39 is 4.92 Å². The third kappa shape index (κ3) is 5.33. The van der Waals surface area contributed by atoms with Gasteiger partial charge in [0.1, 0.15) is 17.3 Å². The van der Waals surface area contributed by atoms with Crippen molar-refractivity contribution in [2.75, 3.05) is 51.6 Å². The van der Waals surface area contributed by atoms with Crippen LogP contribution in [0.15, 0.2) is 60.8 Å².